The molecule has 3 aromatic rings. The van der Waals surface area contributed by atoms with Crippen LogP contribution in [-0.4, -0.2) is 18.8 Å². The van der Waals surface area contributed by atoms with Crippen LogP contribution in [0.25, 0.3) is 6.08 Å². The van der Waals surface area contributed by atoms with Crippen molar-refractivity contribution < 1.29 is 49.7 Å². The summed E-state index contributed by atoms with van der Waals surface area (Å²) >= 11 is 0. The molecule has 0 saturated carbocycles. The maximum Gasteiger partial charge on any atom is 0.429 e. The molecule has 0 aliphatic heterocycles. The Balaban J connectivity index is 1.58. The van der Waals surface area contributed by atoms with E-state index in [0.717, 1.165) is 18.2 Å². The van der Waals surface area contributed by atoms with Gasteiger partial charge in [0.15, 0.2) is 11.6 Å². The second kappa shape index (κ2) is 12.6. The summed E-state index contributed by atoms with van der Waals surface area (Å²) in [6.45, 7) is -0.697. The van der Waals surface area contributed by atoms with Gasteiger partial charge in [0.05, 0.1) is 6.61 Å². The summed E-state index contributed by atoms with van der Waals surface area (Å²) in [5.41, 5.74) is 11.7. The van der Waals surface area contributed by atoms with Gasteiger partial charge in [-0.2, -0.15) is 26.3 Å². The Bertz CT molecular complexity index is 1360. The number of esters is 1. The van der Waals surface area contributed by atoms with Crippen molar-refractivity contribution in [2.45, 2.75) is 31.7 Å². The van der Waals surface area contributed by atoms with Crippen LogP contribution in [0.5, 0.6) is 11.5 Å². The minimum Gasteiger partial charge on any atom is -0.490 e. The largest absolute Gasteiger partial charge is 0.490 e. The van der Waals surface area contributed by atoms with Crippen molar-refractivity contribution >= 4 is 23.4 Å². The first kappa shape index (κ1) is 30.1. The Labute approximate surface area is 223 Å². The first-order chi connectivity index (χ1) is 18.7. The molecule has 0 aliphatic carbocycles. The summed E-state index contributed by atoms with van der Waals surface area (Å²) < 4.78 is 109. The zero-order valence-corrected chi connectivity index (χ0v) is 20.6. The fourth-order valence-corrected chi connectivity index (χ4v) is 3.28. The van der Waals surface area contributed by atoms with Crippen molar-refractivity contribution in [1.29, 1.82) is 0 Å². The van der Waals surface area contributed by atoms with Crippen molar-refractivity contribution in [2.24, 2.45) is 0 Å². The second-order valence-electron chi connectivity index (χ2n) is 8.39. The molecular weight excluding hydrogens is 549 g/mol. The van der Waals surface area contributed by atoms with Gasteiger partial charge in [0.25, 0.3) is 0 Å². The molecule has 0 spiro atoms. The number of benzene rings is 3. The average Bonchev–Trinajstić information content (AvgIpc) is 2.87. The zero-order chi connectivity index (χ0) is 29.5. The fraction of sp³-hybridized carbons (Fsp3) is 0.222. The van der Waals surface area contributed by atoms with Crippen LogP contribution >= 0.6 is 0 Å². The summed E-state index contributed by atoms with van der Waals surface area (Å²) in [7, 11) is 0. The van der Waals surface area contributed by atoms with Gasteiger partial charge in [-0.15, -0.1) is 0 Å². The summed E-state index contributed by atoms with van der Waals surface area (Å²) in [4.78, 5) is 12.0. The smallest absolute Gasteiger partial charge is 0.429 e. The van der Waals surface area contributed by atoms with Crippen molar-refractivity contribution in [2.75, 3.05) is 18.1 Å². The van der Waals surface area contributed by atoms with Crippen molar-refractivity contribution in [1.82, 2.24) is 0 Å². The zero-order valence-electron chi connectivity index (χ0n) is 20.6. The molecule has 0 unspecified atom stereocenters. The molecule has 0 saturated heterocycles. The predicted molar refractivity (Wildman–Crippen MR) is 132 cm³/mol. The normalized spacial score (nSPS) is 12.0. The third-order valence-corrected chi connectivity index (χ3v) is 5.30. The maximum absolute atomic E-state index is 14.6. The van der Waals surface area contributed by atoms with E-state index in [1.54, 1.807) is 12.1 Å². The average molecular weight is 572 g/mol. The van der Waals surface area contributed by atoms with Crippen molar-refractivity contribution in [3.63, 3.8) is 0 Å². The van der Waals surface area contributed by atoms with E-state index >= 15 is 0 Å². The molecule has 0 heterocycles. The summed E-state index contributed by atoms with van der Waals surface area (Å²) in [6, 6.07) is 10.8. The van der Waals surface area contributed by atoms with Gasteiger partial charge in [-0.1, -0.05) is 18.2 Å². The lowest BCUT2D eigenvalue weighted by atomic mass is 10.1. The molecule has 13 heteroatoms. The number of nitrogens with two attached hydrogens (primary N) is 2. The summed E-state index contributed by atoms with van der Waals surface area (Å²) in [6.07, 6.45) is -8.06. The van der Waals surface area contributed by atoms with Crippen LogP contribution in [-0.2, 0) is 22.2 Å². The van der Waals surface area contributed by atoms with Crippen LogP contribution in [0.4, 0.5) is 42.1 Å². The Hall–Kier alpha value is -4.42. The number of hydrogen-bond acceptors (Lipinski definition) is 6. The van der Waals surface area contributed by atoms with Crippen LogP contribution in [0.3, 0.4) is 0 Å². The maximum atomic E-state index is 14.6. The minimum atomic E-state index is -4.45. The van der Waals surface area contributed by atoms with E-state index in [2.05, 4.69) is 4.74 Å². The van der Waals surface area contributed by atoms with Gasteiger partial charge in [0.1, 0.15) is 17.9 Å². The monoisotopic (exact) mass is 572 g/mol. The van der Waals surface area contributed by atoms with Crippen molar-refractivity contribution in [3.05, 3.63) is 89.0 Å². The van der Waals surface area contributed by atoms with Gasteiger partial charge in [0, 0.05) is 29.4 Å². The Morgan fingerprint density at radius 2 is 1.60 bits per heavy atom. The van der Waals surface area contributed by atoms with Gasteiger partial charge < -0.3 is 25.7 Å². The third-order valence-electron chi connectivity index (χ3n) is 5.30. The van der Waals surface area contributed by atoms with Gasteiger partial charge in [0.2, 0.25) is 5.82 Å². The quantitative estimate of drug-likeness (QED) is 0.0869. The van der Waals surface area contributed by atoms with Crippen LogP contribution in [0.1, 0.15) is 29.5 Å². The standard InChI is InChI=1S/C27H23F7N2O4/c28-24-20(9-10-22(25(24)29)38-13-1-12-26(30,31)32)27(33,34)40-19-7-2-16(3-8-19)4-11-23(37)39-15-17-5-6-18(35)14-21(17)36/h2-11,14H,1,12-13,15,35-36H2/b11-4+. The number of carbonyl (C=O) groups excluding carboxylic acids is 1. The topological polar surface area (TPSA) is 96.8 Å². The predicted octanol–water partition coefficient (Wildman–Crippen LogP) is 6.74. The van der Waals surface area contributed by atoms with E-state index in [1.165, 1.54) is 24.3 Å². The molecule has 6 nitrogen and oxygen atoms in total. The molecule has 0 aliphatic rings. The molecule has 0 aromatic heterocycles. The number of alkyl halides is 5. The number of rotatable bonds is 11. The van der Waals surface area contributed by atoms with E-state index in [9.17, 15) is 35.5 Å². The lowest BCUT2D eigenvalue weighted by Crippen LogP contribution is -2.24. The molecule has 0 fully saturated rings. The lowest BCUT2D eigenvalue weighted by Gasteiger charge is -2.20. The molecule has 4 N–H and O–H groups in total. The molecule has 40 heavy (non-hydrogen) atoms. The molecule has 0 bridgehead atoms. The molecule has 0 amide bonds. The summed E-state index contributed by atoms with van der Waals surface area (Å²) in [5, 5.41) is 0. The Morgan fingerprint density at radius 3 is 2.25 bits per heavy atom. The molecule has 3 rings (SSSR count). The highest BCUT2D eigenvalue weighted by Gasteiger charge is 2.39. The van der Waals surface area contributed by atoms with E-state index in [-0.39, 0.29) is 6.61 Å². The number of halogens is 7. The van der Waals surface area contributed by atoms with Gasteiger partial charge in [-0.3, -0.25) is 0 Å². The molecular formula is C27H23F7N2O4. The highest BCUT2D eigenvalue weighted by molar-refractivity contribution is 5.87. The molecule has 214 valence electrons. The molecule has 0 atom stereocenters. The van der Waals surface area contributed by atoms with Crippen LogP contribution in [0, 0.1) is 11.6 Å². The third kappa shape index (κ3) is 8.55. The number of carbonyl (C=O) groups is 1. The van der Waals surface area contributed by atoms with Crippen LogP contribution in [0.15, 0.2) is 60.7 Å². The van der Waals surface area contributed by atoms with Crippen molar-refractivity contribution in [3.8, 4) is 11.5 Å². The number of ether oxygens (including phenoxy) is 3. The van der Waals surface area contributed by atoms with Gasteiger partial charge in [-0.05, 0) is 54.5 Å². The molecule has 3 aromatic carbocycles. The highest BCUT2D eigenvalue weighted by Crippen LogP contribution is 2.36. The lowest BCUT2D eigenvalue weighted by molar-refractivity contribution is -0.187. The number of anilines is 2. The first-order valence-corrected chi connectivity index (χ1v) is 11.6. The van der Waals surface area contributed by atoms with Gasteiger partial charge >= 0.3 is 18.3 Å². The van der Waals surface area contributed by atoms with Crippen LogP contribution < -0.4 is 20.9 Å². The number of hydrogen-bond donors (Lipinski definition) is 2. The van der Waals surface area contributed by atoms with E-state index in [0.29, 0.717) is 34.6 Å². The van der Waals surface area contributed by atoms with Crippen LogP contribution in [0.2, 0.25) is 0 Å². The Kier molecular flexibility index (Phi) is 9.51. The summed E-state index contributed by atoms with van der Waals surface area (Å²) in [5.74, 6) is -5.69. The minimum absolute atomic E-state index is 0.0978. The van der Waals surface area contributed by atoms with E-state index in [4.69, 9.17) is 20.9 Å². The van der Waals surface area contributed by atoms with E-state index in [1.807, 2.05) is 0 Å². The molecule has 0 radical (unpaired) electrons. The number of nitrogen functional groups attached to an aromatic ring is 2. The SMILES string of the molecule is Nc1ccc(COC(=O)/C=C/c2ccc(OC(F)(F)c3ccc(OCCCC(F)(F)F)c(F)c3F)cc2)c(N)c1. The second-order valence-corrected chi connectivity index (χ2v) is 8.39. The Morgan fingerprint density at radius 1 is 0.900 bits per heavy atom. The fourth-order valence-electron chi connectivity index (χ4n) is 3.28. The van der Waals surface area contributed by atoms with Gasteiger partial charge in [-0.25, -0.2) is 9.18 Å². The van der Waals surface area contributed by atoms with E-state index < -0.39 is 66.4 Å². The first-order valence-electron chi connectivity index (χ1n) is 11.6. The highest BCUT2D eigenvalue weighted by atomic mass is 19.4.